The highest BCUT2D eigenvalue weighted by Gasteiger charge is 2.22. The number of carbonyl (C=O) groups is 2. The van der Waals surface area contributed by atoms with Crippen molar-refractivity contribution in [2.75, 3.05) is 13.7 Å². The SMILES string of the molecule is CCOC(=O)c1c(CC(=O)OC)[nH]c2cc(Cl)c(F)cc2c1=O. The van der Waals surface area contributed by atoms with Gasteiger partial charge in [0.1, 0.15) is 11.4 Å². The average molecular weight is 342 g/mol. The maximum atomic E-state index is 13.6. The van der Waals surface area contributed by atoms with E-state index in [1.54, 1.807) is 6.92 Å². The van der Waals surface area contributed by atoms with Crippen molar-refractivity contribution in [2.45, 2.75) is 13.3 Å². The van der Waals surface area contributed by atoms with Crippen LogP contribution in [0.5, 0.6) is 0 Å². The van der Waals surface area contributed by atoms with Crippen molar-refractivity contribution in [3.63, 3.8) is 0 Å². The second-order valence-electron chi connectivity index (χ2n) is 4.59. The number of carbonyl (C=O) groups excluding carboxylic acids is 2. The molecule has 8 heteroatoms. The summed E-state index contributed by atoms with van der Waals surface area (Å²) in [4.78, 5) is 38.8. The summed E-state index contributed by atoms with van der Waals surface area (Å²) < 4.78 is 23.0. The van der Waals surface area contributed by atoms with Crippen LogP contribution < -0.4 is 5.43 Å². The molecule has 6 nitrogen and oxygen atoms in total. The molecule has 1 N–H and O–H groups in total. The van der Waals surface area contributed by atoms with Crippen molar-refractivity contribution in [1.82, 2.24) is 4.98 Å². The lowest BCUT2D eigenvalue weighted by molar-refractivity contribution is -0.139. The second kappa shape index (κ2) is 6.78. The first-order chi connectivity index (χ1) is 10.9. The summed E-state index contributed by atoms with van der Waals surface area (Å²) in [5.41, 5.74) is -0.873. The molecule has 0 fully saturated rings. The minimum Gasteiger partial charge on any atom is -0.469 e. The first-order valence-corrected chi connectivity index (χ1v) is 7.04. The van der Waals surface area contributed by atoms with Gasteiger partial charge in [0, 0.05) is 11.1 Å². The number of rotatable bonds is 4. The number of esters is 2. The predicted molar refractivity (Wildman–Crippen MR) is 81.2 cm³/mol. The topological polar surface area (TPSA) is 85.5 Å². The van der Waals surface area contributed by atoms with E-state index in [-0.39, 0.29) is 40.2 Å². The average Bonchev–Trinajstić information content (AvgIpc) is 2.49. The highest BCUT2D eigenvalue weighted by Crippen LogP contribution is 2.21. The van der Waals surface area contributed by atoms with Gasteiger partial charge >= 0.3 is 11.9 Å². The Bertz CT molecular complexity index is 846. The zero-order valence-corrected chi connectivity index (χ0v) is 13.1. The molecule has 2 aromatic rings. The monoisotopic (exact) mass is 341 g/mol. The lowest BCUT2D eigenvalue weighted by Gasteiger charge is -2.10. The normalized spacial score (nSPS) is 10.6. The maximum absolute atomic E-state index is 13.6. The largest absolute Gasteiger partial charge is 0.469 e. The van der Waals surface area contributed by atoms with Crippen LogP contribution in [0.25, 0.3) is 10.9 Å². The number of fused-ring (bicyclic) bond motifs is 1. The molecule has 0 aliphatic heterocycles. The number of aromatic amines is 1. The second-order valence-corrected chi connectivity index (χ2v) is 5.00. The fourth-order valence-corrected chi connectivity index (χ4v) is 2.27. The summed E-state index contributed by atoms with van der Waals surface area (Å²) in [7, 11) is 1.18. The Balaban J connectivity index is 2.76. The van der Waals surface area contributed by atoms with Crippen LogP contribution in [0.15, 0.2) is 16.9 Å². The quantitative estimate of drug-likeness (QED) is 0.862. The van der Waals surface area contributed by atoms with Gasteiger partial charge in [-0.05, 0) is 19.1 Å². The van der Waals surface area contributed by atoms with Gasteiger partial charge in [0.2, 0.25) is 5.43 Å². The Hall–Kier alpha value is -2.41. The first-order valence-electron chi connectivity index (χ1n) is 6.66. The van der Waals surface area contributed by atoms with E-state index in [1.807, 2.05) is 0 Å². The molecule has 0 amide bonds. The minimum atomic E-state index is -0.898. The maximum Gasteiger partial charge on any atom is 0.343 e. The van der Waals surface area contributed by atoms with Crippen LogP contribution >= 0.6 is 11.6 Å². The third-order valence-electron chi connectivity index (χ3n) is 3.15. The molecule has 2 rings (SSSR count). The molecule has 0 saturated carbocycles. The van der Waals surface area contributed by atoms with Crippen LogP contribution in [-0.2, 0) is 20.7 Å². The summed E-state index contributed by atoms with van der Waals surface area (Å²) in [5, 5.41) is -0.260. The third-order valence-corrected chi connectivity index (χ3v) is 3.44. The van der Waals surface area contributed by atoms with E-state index < -0.39 is 23.2 Å². The minimum absolute atomic E-state index is 0.0236. The fourth-order valence-electron chi connectivity index (χ4n) is 2.10. The van der Waals surface area contributed by atoms with Crippen molar-refractivity contribution >= 4 is 34.4 Å². The number of ether oxygens (including phenoxy) is 2. The molecule has 122 valence electrons. The molecule has 1 heterocycles. The van der Waals surface area contributed by atoms with Crippen LogP contribution in [0.3, 0.4) is 0 Å². The number of benzene rings is 1. The predicted octanol–water partition coefficient (Wildman–Crippen LogP) is 2.21. The van der Waals surface area contributed by atoms with Crippen molar-refractivity contribution in [1.29, 1.82) is 0 Å². The number of hydrogen-bond donors (Lipinski definition) is 1. The number of hydrogen-bond acceptors (Lipinski definition) is 5. The molecule has 23 heavy (non-hydrogen) atoms. The van der Waals surface area contributed by atoms with Gasteiger partial charge in [-0.15, -0.1) is 0 Å². The molecular formula is C15H13ClFNO5. The summed E-state index contributed by atoms with van der Waals surface area (Å²) in [5.74, 6) is -2.34. The number of aromatic nitrogens is 1. The summed E-state index contributed by atoms with van der Waals surface area (Å²) in [6.45, 7) is 1.62. The number of nitrogens with one attached hydrogen (secondary N) is 1. The number of methoxy groups -OCH3 is 1. The Morgan fingerprint density at radius 1 is 1.35 bits per heavy atom. The molecule has 1 aromatic heterocycles. The van der Waals surface area contributed by atoms with E-state index in [0.29, 0.717) is 0 Å². The van der Waals surface area contributed by atoms with Gasteiger partial charge in [0.25, 0.3) is 0 Å². The Labute approximate surface area is 135 Å². The molecule has 0 radical (unpaired) electrons. The molecule has 0 aliphatic carbocycles. The molecule has 0 aliphatic rings. The van der Waals surface area contributed by atoms with Crippen molar-refractivity contribution < 1.29 is 23.5 Å². The van der Waals surface area contributed by atoms with Crippen LogP contribution in [0.1, 0.15) is 23.0 Å². The van der Waals surface area contributed by atoms with Crippen LogP contribution in [-0.4, -0.2) is 30.6 Å². The third kappa shape index (κ3) is 3.34. The molecule has 1 aromatic carbocycles. The number of halogens is 2. The summed E-state index contributed by atoms with van der Waals surface area (Å²) in [6, 6.07) is 2.14. The van der Waals surface area contributed by atoms with Crippen molar-refractivity contribution in [2.24, 2.45) is 0 Å². The van der Waals surface area contributed by atoms with Gasteiger partial charge in [-0.25, -0.2) is 9.18 Å². The summed E-state index contributed by atoms with van der Waals surface area (Å²) >= 11 is 5.70. The molecule has 0 unspecified atom stereocenters. The van der Waals surface area contributed by atoms with E-state index in [2.05, 4.69) is 9.72 Å². The molecular weight excluding hydrogens is 329 g/mol. The number of pyridine rings is 1. The smallest absolute Gasteiger partial charge is 0.343 e. The highest BCUT2D eigenvalue weighted by atomic mass is 35.5. The van der Waals surface area contributed by atoms with Crippen LogP contribution in [0.4, 0.5) is 4.39 Å². The van der Waals surface area contributed by atoms with Crippen LogP contribution in [0.2, 0.25) is 5.02 Å². The Morgan fingerprint density at radius 3 is 2.65 bits per heavy atom. The first kappa shape index (κ1) is 17.0. The van der Waals surface area contributed by atoms with Crippen molar-refractivity contribution in [3.05, 3.63) is 44.5 Å². The van der Waals surface area contributed by atoms with Gasteiger partial charge in [0.05, 0.1) is 30.7 Å². The van der Waals surface area contributed by atoms with E-state index >= 15 is 0 Å². The van der Waals surface area contributed by atoms with E-state index in [0.717, 1.165) is 6.07 Å². The number of H-pyrrole nitrogens is 1. The van der Waals surface area contributed by atoms with E-state index in [9.17, 15) is 18.8 Å². The fraction of sp³-hybridized carbons (Fsp3) is 0.267. The lowest BCUT2D eigenvalue weighted by Crippen LogP contribution is -2.24. The van der Waals surface area contributed by atoms with E-state index in [4.69, 9.17) is 16.3 Å². The highest BCUT2D eigenvalue weighted by molar-refractivity contribution is 6.31. The zero-order chi connectivity index (χ0) is 17.1. The Morgan fingerprint density at radius 2 is 2.04 bits per heavy atom. The van der Waals surface area contributed by atoms with Crippen molar-refractivity contribution in [3.8, 4) is 0 Å². The molecule has 0 saturated heterocycles. The van der Waals surface area contributed by atoms with Crippen LogP contribution in [0, 0.1) is 5.82 Å². The Kier molecular flexibility index (Phi) is 5.00. The van der Waals surface area contributed by atoms with Gasteiger partial charge in [-0.1, -0.05) is 11.6 Å². The lowest BCUT2D eigenvalue weighted by atomic mass is 10.1. The molecule has 0 atom stereocenters. The molecule has 0 spiro atoms. The van der Waals surface area contributed by atoms with Gasteiger partial charge in [-0.3, -0.25) is 9.59 Å². The van der Waals surface area contributed by atoms with Gasteiger partial charge in [-0.2, -0.15) is 0 Å². The zero-order valence-electron chi connectivity index (χ0n) is 12.4. The standard InChI is InChI=1S/C15H13ClFNO5/c1-3-23-15(21)13-11(6-12(19)22-2)18-10-5-8(16)9(17)4-7(10)14(13)20/h4-5H,3,6H2,1-2H3,(H,18,20). The summed E-state index contributed by atoms with van der Waals surface area (Å²) in [6.07, 6.45) is -0.342. The van der Waals surface area contributed by atoms with Gasteiger partial charge < -0.3 is 14.5 Å². The van der Waals surface area contributed by atoms with E-state index in [1.165, 1.54) is 13.2 Å². The van der Waals surface area contributed by atoms with Gasteiger partial charge in [0.15, 0.2) is 0 Å². The molecule has 0 bridgehead atoms.